The van der Waals surface area contributed by atoms with Crippen LogP contribution in [0.15, 0.2) is 36.4 Å². The second kappa shape index (κ2) is 8.52. The van der Waals surface area contributed by atoms with E-state index in [4.69, 9.17) is 14.2 Å². The zero-order chi connectivity index (χ0) is 19.3. The van der Waals surface area contributed by atoms with Gasteiger partial charge in [0.1, 0.15) is 0 Å². The molecule has 0 unspecified atom stereocenters. The molecule has 5 nitrogen and oxygen atoms in total. The molecule has 0 spiro atoms. The third-order valence-corrected chi connectivity index (χ3v) is 4.14. The van der Waals surface area contributed by atoms with Crippen molar-refractivity contribution in [3.05, 3.63) is 58.7 Å². The zero-order valence-corrected chi connectivity index (χ0v) is 15.8. The van der Waals surface area contributed by atoms with Crippen molar-refractivity contribution < 1.29 is 23.8 Å². The van der Waals surface area contributed by atoms with E-state index in [1.807, 2.05) is 32.9 Å². The standard InChI is InChI=1S/C21H24O5/c1-6-25-19-12-17(9-10-18(19)24-5)21(23)26-15(4)20(22)16-8-7-13(2)14(3)11-16/h7-12,15H,6H2,1-5H3/t15-/m1/s1. The van der Waals surface area contributed by atoms with Crippen molar-refractivity contribution in [1.82, 2.24) is 0 Å². The maximum atomic E-state index is 12.5. The Morgan fingerprint density at radius 2 is 1.65 bits per heavy atom. The minimum Gasteiger partial charge on any atom is -0.493 e. The molecule has 0 heterocycles. The molecule has 0 aliphatic heterocycles. The Morgan fingerprint density at radius 1 is 0.962 bits per heavy atom. The lowest BCUT2D eigenvalue weighted by Gasteiger charge is -2.14. The molecule has 0 amide bonds. The van der Waals surface area contributed by atoms with Crippen LogP contribution in [0, 0.1) is 13.8 Å². The first kappa shape index (κ1) is 19.5. The van der Waals surface area contributed by atoms with E-state index >= 15 is 0 Å². The number of benzene rings is 2. The highest BCUT2D eigenvalue weighted by molar-refractivity contribution is 6.01. The molecule has 5 heteroatoms. The maximum absolute atomic E-state index is 12.5. The number of methoxy groups -OCH3 is 1. The van der Waals surface area contributed by atoms with E-state index < -0.39 is 12.1 Å². The molecule has 0 radical (unpaired) electrons. The molecular weight excluding hydrogens is 332 g/mol. The summed E-state index contributed by atoms with van der Waals surface area (Å²) >= 11 is 0. The highest BCUT2D eigenvalue weighted by Gasteiger charge is 2.21. The minimum absolute atomic E-state index is 0.236. The molecular formula is C21H24O5. The predicted molar refractivity (Wildman–Crippen MR) is 99.3 cm³/mol. The summed E-state index contributed by atoms with van der Waals surface area (Å²) in [6, 6.07) is 10.2. The summed E-state index contributed by atoms with van der Waals surface area (Å²) in [5.74, 6) is 0.165. The molecule has 0 bridgehead atoms. The number of ketones is 1. The lowest BCUT2D eigenvalue weighted by atomic mass is 10.0. The molecule has 0 aromatic heterocycles. The van der Waals surface area contributed by atoms with Crippen molar-refractivity contribution in [3.63, 3.8) is 0 Å². The fraction of sp³-hybridized carbons (Fsp3) is 0.333. The first-order chi connectivity index (χ1) is 12.4. The first-order valence-electron chi connectivity index (χ1n) is 8.50. The summed E-state index contributed by atoms with van der Waals surface area (Å²) in [6.07, 6.45) is -0.887. The Morgan fingerprint density at radius 3 is 2.27 bits per heavy atom. The van der Waals surface area contributed by atoms with Crippen molar-refractivity contribution in [3.8, 4) is 11.5 Å². The van der Waals surface area contributed by atoms with Crippen LogP contribution in [-0.2, 0) is 4.74 Å². The van der Waals surface area contributed by atoms with Crippen molar-refractivity contribution in [2.45, 2.75) is 33.8 Å². The van der Waals surface area contributed by atoms with Gasteiger partial charge in [-0.3, -0.25) is 4.79 Å². The smallest absolute Gasteiger partial charge is 0.338 e. The average molecular weight is 356 g/mol. The van der Waals surface area contributed by atoms with Gasteiger partial charge in [0.05, 0.1) is 19.3 Å². The summed E-state index contributed by atoms with van der Waals surface area (Å²) < 4.78 is 16.0. The van der Waals surface area contributed by atoms with Gasteiger partial charge in [0.2, 0.25) is 5.78 Å². The van der Waals surface area contributed by atoms with E-state index in [9.17, 15) is 9.59 Å². The Hall–Kier alpha value is -2.82. The predicted octanol–water partition coefficient (Wildman–Crippen LogP) is 4.14. The number of aryl methyl sites for hydroxylation is 2. The topological polar surface area (TPSA) is 61.8 Å². The van der Waals surface area contributed by atoms with Crippen molar-refractivity contribution in [2.75, 3.05) is 13.7 Å². The second-order valence-electron chi connectivity index (χ2n) is 6.01. The summed E-state index contributed by atoms with van der Waals surface area (Å²) in [7, 11) is 1.53. The molecule has 0 saturated carbocycles. The van der Waals surface area contributed by atoms with Gasteiger partial charge < -0.3 is 14.2 Å². The lowest BCUT2D eigenvalue weighted by Crippen LogP contribution is -2.24. The van der Waals surface area contributed by atoms with Crippen LogP contribution in [0.4, 0.5) is 0 Å². The van der Waals surface area contributed by atoms with Gasteiger partial charge >= 0.3 is 5.97 Å². The van der Waals surface area contributed by atoms with Crippen molar-refractivity contribution in [2.24, 2.45) is 0 Å². The number of carbonyl (C=O) groups excluding carboxylic acids is 2. The zero-order valence-electron chi connectivity index (χ0n) is 15.8. The van der Waals surface area contributed by atoms with E-state index in [0.29, 0.717) is 29.2 Å². The summed E-state index contributed by atoms with van der Waals surface area (Å²) in [5, 5.41) is 0. The number of ether oxygens (including phenoxy) is 3. The highest BCUT2D eigenvalue weighted by Crippen LogP contribution is 2.28. The van der Waals surface area contributed by atoms with Gasteiger partial charge in [-0.15, -0.1) is 0 Å². The SMILES string of the molecule is CCOc1cc(C(=O)O[C@H](C)C(=O)c2ccc(C)c(C)c2)ccc1OC. The van der Waals surface area contributed by atoms with Gasteiger partial charge in [0.25, 0.3) is 0 Å². The fourth-order valence-electron chi connectivity index (χ4n) is 2.48. The Kier molecular flexibility index (Phi) is 6.39. The largest absolute Gasteiger partial charge is 0.493 e. The summed E-state index contributed by atoms with van der Waals surface area (Å²) in [6.45, 7) is 7.77. The third kappa shape index (κ3) is 4.42. The molecule has 138 valence electrons. The van der Waals surface area contributed by atoms with Crippen LogP contribution in [0.2, 0.25) is 0 Å². The molecule has 0 N–H and O–H groups in total. The number of carbonyl (C=O) groups is 2. The van der Waals surface area contributed by atoms with Gasteiger partial charge in [0.15, 0.2) is 17.6 Å². The van der Waals surface area contributed by atoms with E-state index in [1.165, 1.54) is 7.11 Å². The molecule has 0 aliphatic rings. The molecule has 2 aromatic carbocycles. The second-order valence-corrected chi connectivity index (χ2v) is 6.01. The first-order valence-corrected chi connectivity index (χ1v) is 8.50. The normalized spacial score (nSPS) is 11.6. The molecule has 1 atom stereocenters. The molecule has 0 fully saturated rings. The molecule has 2 rings (SSSR count). The summed E-state index contributed by atoms with van der Waals surface area (Å²) in [5.41, 5.74) is 2.95. The monoisotopic (exact) mass is 356 g/mol. The molecule has 0 aliphatic carbocycles. The number of hydrogen-bond donors (Lipinski definition) is 0. The van der Waals surface area contributed by atoms with Crippen LogP contribution in [0.25, 0.3) is 0 Å². The van der Waals surface area contributed by atoms with E-state index in [1.54, 1.807) is 31.2 Å². The van der Waals surface area contributed by atoms with Gasteiger partial charge in [-0.2, -0.15) is 0 Å². The van der Waals surface area contributed by atoms with E-state index in [2.05, 4.69) is 0 Å². The van der Waals surface area contributed by atoms with Crippen LogP contribution in [0.3, 0.4) is 0 Å². The number of hydrogen-bond acceptors (Lipinski definition) is 5. The third-order valence-electron chi connectivity index (χ3n) is 4.14. The Labute approximate surface area is 153 Å². The maximum Gasteiger partial charge on any atom is 0.338 e. The quantitative estimate of drug-likeness (QED) is 0.551. The summed E-state index contributed by atoms with van der Waals surface area (Å²) in [4.78, 5) is 24.9. The van der Waals surface area contributed by atoms with Crippen LogP contribution < -0.4 is 9.47 Å². The highest BCUT2D eigenvalue weighted by atomic mass is 16.5. The van der Waals surface area contributed by atoms with Crippen LogP contribution in [0.5, 0.6) is 11.5 Å². The van der Waals surface area contributed by atoms with Crippen LogP contribution in [0.1, 0.15) is 45.7 Å². The molecule has 26 heavy (non-hydrogen) atoms. The fourth-order valence-corrected chi connectivity index (χ4v) is 2.48. The Bertz CT molecular complexity index is 810. The number of esters is 1. The number of Topliss-reactive ketones (excluding diaryl/α,β-unsaturated/α-hetero) is 1. The minimum atomic E-state index is -0.887. The lowest BCUT2D eigenvalue weighted by molar-refractivity contribution is 0.0318. The van der Waals surface area contributed by atoms with E-state index in [0.717, 1.165) is 11.1 Å². The van der Waals surface area contributed by atoms with Crippen LogP contribution >= 0.6 is 0 Å². The van der Waals surface area contributed by atoms with Crippen molar-refractivity contribution >= 4 is 11.8 Å². The van der Waals surface area contributed by atoms with E-state index in [-0.39, 0.29) is 5.78 Å². The van der Waals surface area contributed by atoms with Gasteiger partial charge in [-0.1, -0.05) is 12.1 Å². The van der Waals surface area contributed by atoms with Crippen molar-refractivity contribution in [1.29, 1.82) is 0 Å². The van der Waals surface area contributed by atoms with Gasteiger partial charge in [0, 0.05) is 5.56 Å². The number of rotatable bonds is 7. The Balaban J connectivity index is 2.14. The molecule has 2 aromatic rings. The average Bonchev–Trinajstić information content (AvgIpc) is 2.63. The molecule has 0 saturated heterocycles. The van der Waals surface area contributed by atoms with Gasteiger partial charge in [-0.25, -0.2) is 4.79 Å². The van der Waals surface area contributed by atoms with Gasteiger partial charge in [-0.05, 0) is 63.1 Å². The van der Waals surface area contributed by atoms with Crippen LogP contribution in [-0.4, -0.2) is 31.6 Å².